The van der Waals surface area contributed by atoms with E-state index in [9.17, 15) is 4.79 Å². The van der Waals surface area contributed by atoms with E-state index in [1.807, 2.05) is 25.7 Å². The van der Waals surface area contributed by atoms with Gasteiger partial charge in [-0.15, -0.1) is 0 Å². The van der Waals surface area contributed by atoms with Crippen LogP contribution in [0.25, 0.3) is 0 Å². The number of piperidine rings is 1. The molecule has 0 radical (unpaired) electrons. The van der Waals surface area contributed by atoms with Crippen LogP contribution in [0.5, 0.6) is 0 Å². The van der Waals surface area contributed by atoms with Crippen LogP contribution in [-0.2, 0) is 4.74 Å². The molecule has 0 aromatic heterocycles. The van der Waals surface area contributed by atoms with Crippen LogP contribution < -0.4 is 5.32 Å². The topological polar surface area (TPSA) is 41.6 Å². The first-order chi connectivity index (χ1) is 8.96. The van der Waals surface area contributed by atoms with Crippen LogP contribution in [0.15, 0.2) is 0 Å². The summed E-state index contributed by atoms with van der Waals surface area (Å²) in [7, 11) is 0. The Morgan fingerprint density at radius 2 is 1.89 bits per heavy atom. The van der Waals surface area contributed by atoms with Gasteiger partial charge < -0.3 is 15.0 Å². The van der Waals surface area contributed by atoms with Crippen LogP contribution in [0, 0.1) is 17.8 Å². The zero-order chi connectivity index (χ0) is 13.6. The van der Waals surface area contributed by atoms with Crippen molar-refractivity contribution in [1.29, 1.82) is 0 Å². The van der Waals surface area contributed by atoms with Crippen molar-refractivity contribution in [2.24, 2.45) is 17.8 Å². The molecule has 2 atom stereocenters. The monoisotopic (exact) mass is 266 g/mol. The van der Waals surface area contributed by atoms with Crippen molar-refractivity contribution in [2.45, 2.75) is 51.7 Å². The molecule has 3 aliphatic rings. The van der Waals surface area contributed by atoms with Crippen LogP contribution in [0.3, 0.4) is 0 Å². The smallest absolute Gasteiger partial charge is 0.410 e. The SMILES string of the molecule is CC(C)(C)OC(=O)N(CC1C2CNCC21)C1CCC1. The lowest BCUT2D eigenvalue weighted by atomic mass is 9.91. The number of carbonyl (C=O) groups excluding carboxylic acids is 1. The summed E-state index contributed by atoms with van der Waals surface area (Å²) >= 11 is 0. The molecule has 4 heteroatoms. The first kappa shape index (κ1) is 13.2. The fourth-order valence-corrected chi connectivity index (χ4v) is 3.44. The second kappa shape index (κ2) is 4.65. The summed E-state index contributed by atoms with van der Waals surface area (Å²) in [6, 6.07) is 0.434. The Morgan fingerprint density at radius 1 is 1.26 bits per heavy atom. The number of ether oxygens (including phenoxy) is 1. The minimum absolute atomic E-state index is 0.102. The summed E-state index contributed by atoms with van der Waals surface area (Å²) in [4.78, 5) is 14.4. The lowest BCUT2D eigenvalue weighted by Crippen LogP contribution is -2.48. The molecule has 0 bridgehead atoms. The van der Waals surface area contributed by atoms with Crippen molar-refractivity contribution < 1.29 is 9.53 Å². The van der Waals surface area contributed by atoms with Crippen LogP contribution in [-0.4, -0.2) is 42.3 Å². The molecular formula is C15H26N2O2. The Labute approximate surface area is 115 Å². The third-order valence-corrected chi connectivity index (χ3v) is 4.82. The highest BCUT2D eigenvalue weighted by molar-refractivity contribution is 5.68. The molecule has 1 N–H and O–H groups in total. The molecule has 1 amide bonds. The lowest BCUT2D eigenvalue weighted by Gasteiger charge is -2.38. The number of fused-ring (bicyclic) bond motifs is 1. The van der Waals surface area contributed by atoms with Crippen LogP contribution in [0.2, 0.25) is 0 Å². The maximum Gasteiger partial charge on any atom is 0.410 e. The molecule has 1 heterocycles. The largest absolute Gasteiger partial charge is 0.444 e. The summed E-state index contributed by atoms with van der Waals surface area (Å²) in [6.45, 7) is 9.03. The van der Waals surface area contributed by atoms with E-state index in [4.69, 9.17) is 4.74 Å². The Kier molecular flexibility index (Phi) is 3.24. The van der Waals surface area contributed by atoms with Gasteiger partial charge in [0, 0.05) is 12.6 Å². The van der Waals surface area contributed by atoms with Crippen molar-refractivity contribution in [3.05, 3.63) is 0 Å². The zero-order valence-electron chi connectivity index (χ0n) is 12.3. The van der Waals surface area contributed by atoms with E-state index in [1.54, 1.807) is 0 Å². The summed E-state index contributed by atoms with van der Waals surface area (Å²) in [5.41, 5.74) is -0.389. The van der Waals surface area contributed by atoms with Gasteiger partial charge in [-0.05, 0) is 70.9 Å². The first-order valence-corrected chi connectivity index (χ1v) is 7.66. The molecule has 1 aliphatic heterocycles. The van der Waals surface area contributed by atoms with Gasteiger partial charge in [-0.3, -0.25) is 0 Å². The standard InChI is InChI=1S/C15H26N2O2/c1-15(2,3)19-14(18)17(10-5-4-6-10)9-13-11-7-16-8-12(11)13/h10-13,16H,4-9H2,1-3H3. The summed E-state index contributed by atoms with van der Waals surface area (Å²) in [5, 5.41) is 3.41. The molecule has 2 unspecified atom stereocenters. The van der Waals surface area contributed by atoms with Crippen molar-refractivity contribution >= 4 is 6.09 Å². The average Bonchev–Trinajstić information content (AvgIpc) is 2.68. The Morgan fingerprint density at radius 3 is 2.37 bits per heavy atom. The van der Waals surface area contributed by atoms with Gasteiger partial charge in [0.2, 0.25) is 0 Å². The molecule has 3 fully saturated rings. The third-order valence-electron chi connectivity index (χ3n) is 4.82. The lowest BCUT2D eigenvalue weighted by molar-refractivity contribution is 0.00497. The van der Waals surface area contributed by atoms with E-state index in [-0.39, 0.29) is 11.7 Å². The van der Waals surface area contributed by atoms with Gasteiger partial charge in [-0.1, -0.05) is 0 Å². The van der Waals surface area contributed by atoms with Crippen LogP contribution in [0.1, 0.15) is 40.0 Å². The Hall–Kier alpha value is -0.770. The molecule has 108 valence electrons. The second-order valence-electron chi connectivity index (χ2n) is 7.37. The van der Waals surface area contributed by atoms with E-state index >= 15 is 0 Å². The molecule has 4 nitrogen and oxygen atoms in total. The highest BCUT2D eigenvalue weighted by Crippen LogP contribution is 2.49. The predicted octanol–water partition coefficient (Wildman–Crippen LogP) is 2.24. The van der Waals surface area contributed by atoms with Crippen molar-refractivity contribution in [3.8, 4) is 0 Å². The highest BCUT2D eigenvalue weighted by atomic mass is 16.6. The minimum Gasteiger partial charge on any atom is -0.444 e. The normalized spacial score (nSPS) is 33.5. The van der Waals surface area contributed by atoms with Gasteiger partial charge >= 0.3 is 6.09 Å². The first-order valence-electron chi connectivity index (χ1n) is 7.66. The molecule has 1 saturated heterocycles. The zero-order valence-corrected chi connectivity index (χ0v) is 12.3. The summed E-state index contributed by atoms with van der Waals surface area (Å²) < 4.78 is 5.58. The van der Waals surface area contributed by atoms with Gasteiger partial charge in [0.1, 0.15) is 5.60 Å². The summed E-state index contributed by atoms with van der Waals surface area (Å²) in [6.07, 6.45) is 3.46. The summed E-state index contributed by atoms with van der Waals surface area (Å²) in [5.74, 6) is 2.34. The molecular weight excluding hydrogens is 240 g/mol. The van der Waals surface area contributed by atoms with E-state index in [0.29, 0.717) is 6.04 Å². The fourth-order valence-electron chi connectivity index (χ4n) is 3.44. The number of nitrogens with one attached hydrogen (secondary N) is 1. The number of amides is 1. The second-order valence-corrected chi connectivity index (χ2v) is 7.37. The highest BCUT2D eigenvalue weighted by Gasteiger charge is 2.54. The van der Waals surface area contributed by atoms with Crippen LogP contribution in [0.4, 0.5) is 4.79 Å². The quantitative estimate of drug-likeness (QED) is 0.852. The number of hydrogen-bond acceptors (Lipinski definition) is 3. The van der Waals surface area contributed by atoms with Crippen molar-refractivity contribution in [1.82, 2.24) is 10.2 Å². The molecule has 0 spiro atoms. The van der Waals surface area contributed by atoms with Crippen molar-refractivity contribution in [3.63, 3.8) is 0 Å². The maximum absolute atomic E-state index is 12.4. The van der Waals surface area contributed by atoms with Gasteiger partial charge in [0.25, 0.3) is 0 Å². The third kappa shape index (κ3) is 2.73. The molecule has 3 rings (SSSR count). The number of hydrogen-bond donors (Lipinski definition) is 1. The van der Waals surface area contributed by atoms with E-state index < -0.39 is 0 Å². The average molecular weight is 266 g/mol. The van der Waals surface area contributed by atoms with Gasteiger partial charge in [-0.25, -0.2) is 4.79 Å². The van der Waals surface area contributed by atoms with Gasteiger partial charge in [0.15, 0.2) is 0 Å². The molecule has 2 saturated carbocycles. The number of carbonyl (C=O) groups is 1. The van der Waals surface area contributed by atoms with E-state index in [0.717, 1.165) is 50.2 Å². The Bertz CT molecular complexity index is 350. The van der Waals surface area contributed by atoms with Gasteiger partial charge in [-0.2, -0.15) is 0 Å². The molecule has 0 aromatic carbocycles. The minimum atomic E-state index is -0.389. The Balaban J connectivity index is 1.59. The van der Waals surface area contributed by atoms with E-state index in [1.165, 1.54) is 6.42 Å². The number of rotatable bonds is 3. The maximum atomic E-state index is 12.4. The number of nitrogens with zero attached hydrogens (tertiary/aromatic N) is 1. The van der Waals surface area contributed by atoms with Crippen molar-refractivity contribution in [2.75, 3.05) is 19.6 Å². The van der Waals surface area contributed by atoms with Crippen LogP contribution >= 0.6 is 0 Å². The van der Waals surface area contributed by atoms with Gasteiger partial charge in [0.05, 0.1) is 0 Å². The molecule has 2 aliphatic carbocycles. The molecule has 19 heavy (non-hydrogen) atoms. The van der Waals surface area contributed by atoms with E-state index in [2.05, 4.69) is 5.32 Å². The fraction of sp³-hybridized carbons (Fsp3) is 0.933. The predicted molar refractivity (Wildman–Crippen MR) is 73.9 cm³/mol. The molecule has 0 aromatic rings.